The van der Waals surface area contributed by atoms with Gasteiger partial charge in [0.05, 0.1) is 13.2 Å². The summed E-state index contributed by atoms with van der Waals surface area (Å²) in [6.07, 6.45) is 2.94. The number of carbonyl (C=O) groups excluding carboxylic acids is 2. The van der Waals surface area contributed by atoms with Crippen LogP contribution in [0.3, 0.4) is 0 Å². The molecule has 1 aliphatic carbocycles. The van der Waals surface area contributed by atoms with Crippen molar-refractivity contribution >= 4 is 17.6 Å². The highest BCUT2D eigenvalue weighted by Crippen LogP contribution is 2.35. The number of anilines is 1. The zero-order chi connectivity index (χ0) is 18.6. The Hall–Kier alpha value is -2.44. The molecule has 0 spiro atoms. The van der Waals surface area contributed by atoms with E-state index in [1.165, 1.54) is 19.2 Å². The quantitative estimate of drug-likeness (QED) is 0.326. The first kappa shape index (κ1) is 18.9. The molecule has 1 saturated carbocycles. The number of hydrogen-bond donors (Lipinski definition) is 0. The minimum absolute atomic E-state index is 0.00224. The van der Waals surface area contributed by atoms with Gasteiger partial charge in [0, 0.05) is 23.5 Å². The van der Waals surface area contributed by atoms with Gasteiger partial charge in [-0.2, -0.15) is 0 Å². The van der Waals surface area contributed by atoms with Gasteiger partial charge in [-0.05, 0) is 45.7 Å². The number of ether oxygens (including phenoxy) is 2. The smallest absolute Gasteiger partial charge is 0.347 e. The number of esters is 2. The Morgan fingerprint density at radius 1 is 1.16 bits per heavy atom. The van der Waals surface area contributed by atoms with Crippen LogP contribution in [0.25, 0.3) is 0 Å². The summed E-state index contributed by atoms with van der Waals surface area (Å²) in [7, 11) is 0. The molecular weight excluding hydrogens is 332 g/mol. The Morgan fingerprint density at radius 2 is 1.72 bits per heavy atom. The first-order valence-corrected chi connectivity index (χ1v) is 8.19. The maximum atomic E-state index is 13.9. The van der Waals surface area contributed by atoms with E-state index in [2.05, 4.69) is 0 Å². The van der Waals surface area contributed by atoms with E-state index in [-0.39, 0.29) is 30.4 Å². The standard InChI is InChI=1S/C18H21F2NO4/c1-4-24-17(22)13(18(23)25-5-2)10-21(12-6-7-12)15-9-8-14(19)16(20)11(15)3/h8-10,12H,4-7H2,1-3H3. The number of carbonyl (C=O) groups is 2. The lowest BCUT2D eigenvalue weighted by molar-refractivity contribution is -0.146. The Bertz CT molecular complexity index is 679. The lowest BCUT2D eigenvalue weighted by Crippen LogP contribution is -2.26. The van der Waals surface area contributed by atoms with Gasteiger partial charge in [0.25, 0.3) is 0 Å². The molecule has 25 heavy (non-hydrogen) atoms. The fraction of sp³-hybridized carbons (Fsp3) is 0.444. The van der Waals surface area contributed by atoms with Gasteiger partial charge in [-0.15, -0.1) is 0 Å². The van der Waals surface area contributed by atoms with Gasteiger partial charge in [-0.25, -0.2) is 18.4 Å². The molecule has 1 aromatic rings. The summed E-state index contributed by atoms with van der Waals surface area (Å²) in [6.45, 7) is 4.90. The topological polar surface area (TPSA) is 55.8 Å². The molecule has 0 unspecified atom stereocenters. The van der Waals surface area contributed by atoms with E-state index in [1.54, 1.807) is 18.7 Å². The van der Waals surface area contributed by atoms with Gasteiger partial charge >= 0.3 is 11.9 Å². The Labute approximate surface area is 145 Å². The van der Waals surface area contributed by atoms with E-state index in [4.69, 9.17) is 9.47 Å². The maximum absolute atomic E-state index is 13.9. The molecule has 0 heterocycles. The predicted molar refractivity (Wildman–Crippen MR) is 87.9 cm³/mol. The average molecular weight is 353 g/mol. The molecule has 1 aliphatic rings. The van der Waals surface area contributed by atoms with Crippen LogP contribution in [-0.4, -0.2) is 31.2 Å². The molecule has 1 aromatic carbocycles. The summed E-state index contributed by atoms with van der Waals surface area (Å²) < 4.78 is 37.2. The van der Waals surface area contributed by atoms with E-state index in [9.17, 15) is 18.4 Å². The predicted octanol–water partition coefficient (Wildman–Crippen LogP) is 3.25. The summed E-state index contributed by atoms with van der Waals surface area (Å²) in [4.78, 5) is 25.9. The maximum Gasteiger partial charge on any atom is 0.347 e. The number of hydrogen-bond acceptors (Lipinski definition) is 5. The fourth-order valence-corrected chi connectivity index (χ4v) is 2.39. The second kappa shape index (κ2) is 8.09. The summed E-state index contributed by atoms with van der Waals surface area (Å²) >= 11 is 0. The molecule has 0 amide bonds. The Balaban J connectivity index is 2.46. The third kappa shape index (κ3) is 4.35. The number of nitrogens with zero attached hydrogens (tertiary/aromatic N) is 1. The molecule has 0 saturated heterocycles. The van der Waals surface area contributed by atoms with Gasteiger partial charge in [-0.3, -0.25) is 0 Å². The van der Waals surface area contributed by atoms with Gasteiger partial charge in [0.2, 0.25) is 0 Å². The van der Waals surface area contributed by atoms with Crippen molar-refractivity contribution in [1.29, 1.82) is 0 Å². The lowest BCUT2D eigenvalue weighted by atomic mass is 10.1. The van der Waals surface area contributed by atoms with Crippen molar-refractivity contribution in [1.82, 2.24) is 0 Å². The minimum Gasteiger partial charge on any atom is -0.462 e. The van der Waals surface area contributed by atoms with E-state index in [0.29, 0.717) is 5.69 Å². The lowest BCUT2D eigenvalue weighted by Gasteiger charge is -2.23. The molecule has 0 N–H and O–H groups in total. The summed E-state index contributed by atoms with van der Waals surface area (Å²) in [5.74, 6) is -3.53. The molecule has 0 radical (unpaired) electrons. The summed E-state index contributed by atoms with van der Waals surface area (Å²) in [6, 6.07) is 2.45. The van der Waals surface area contributed by atoms with Crippen LogP contribution < -0.4 is 4.90 Å². The molecule has 0 bridgehead atoms. The fourth-order valence-electron chi connectivity index (χ4n) is 2.39. The van der Waals surface area contributed by atoms with Crippen molar-refractivity contribution in [3.05, 3.63) is 41.1 Å². The van der Waals surface area contributed by atoms with E-state index in [0.717, 1.165) is 18.9 Å². The molecule has 5 nitrogen and oxygen atoms in total. The van der Waals surface area contributed by atoms with Crippen LogP contribution in [0.2, 0.25) is 0 Å². The molecule has 2 rings (SSSR count). The first-order chi connectivity index (χ1) is 11.9. The van der Waals surface area contributed by atoms with Crippen LogP contribution in [-0.2, 0) is 19.1 Å². The van der Waals surface area contributed by atoms with Crippen molar-refractivity contribution in [3.8, 4) is 0 Å². The van der Waals surface area contributed by atoms with Crippen molar-refractivity contribution in [3.63, 3.8) is 0 Å². The molecule has 0 aromatic heterocycles. The van der Waals surface area contributed by atoms with Crippen molar-refractivity contribution in [2.24, 2.45) is 0 Å². The second-order valence-electron chi connectivity index (χ2n) is 5.63. The second-order valence-corrected chi connectivity index (χ2v) is 5.63. The third-order valence-electron chi connectivity index (χ3n) is 3.79. The van der Waals surface area contributed by atoms with Gasteiger partial charge < -0.3 is 14.4 Å². The molecule has 0 atom stereocenters. The average Bonchev–Trinajstić information content (AvgIpc) is 3.40. The molecule has 0 aliphatic heterocycles. The Kier molecular flexibility index (Phi) is 6.12. The summed E-state index contributed by atoms with van der Waals surface area (Å²) in [5, 5.41) is 0. The van der Waals surface area contributed by atoms with Crippen LogP contribution >= 0.6 is 0 Å². The number of rotatable bonds is 7. The van der Waals surface area contributed by atoms with E-state index < -0.39 is 23.6 Å². The SMILES string of the molecule is CCOC(=O)C(=CN(c1ccc(F)c(F)c1C)C1CC1)C(=O)OCC. The third-order valence-corrected chi connectivity index (χ3v) is 3.79. The minimum atomic E-state index is -0.953. The monoisotopic (exact) mass is 353 g/mol. The van der Waals surface area contributed by atoms with E-state index in [1.807, 2.05) is 0 Å². The van der Waals surface area contributed by atoms with Crippen molar-refractivity contribution in [2.45, 2.75) is 39.7 Å². The van der Waals surface area contributed by atoms with Gasteiger partial charge in [0.1, 0.15) is 0 Å². The highest BCUT2D eigenvalue weighted by atomic mass is 19.2. The molecule has 1 fully saturated rings. The van der Waals surface area contributed by atoms with Crippen LogP contribution in [0.15, 0.2) is 23.9 Å². The number of halogens is 2. The zero-order valence-corrected chi connectivity index (χ0v) is 14.5. The van der Waals surface area contributed by atoms with Gasteiger partial charge in [0.15, 0.2) is 17.2 Å². The zero-order valence-electron chi connectivity index (χ0n) is 14.5. The largest absolute Gasteiger partial charge is 0.462 e. The number of benzene rings is 1. The van der Waals surface area contributed by atoms with Gasteiger partial charge in [-0.1, -0.05) is 0 Å². The van der Waals surface area contributed by atoms with Crippen molar-refractivity contribution < 1.29 is 27.8 Å². The summed E-state index contributed by atoms with van der Waals surface area (Å²) in [5.41, 5.74) is 0.224. The Morgan fingerprint density at radius 3 is 2.20 bits per heavy atom. The van der Waals surface area contributed by atoms with E-state index >= 15 is 0 Å². The van der Waals surface area contributed by atoms with Crippen molar-refractivity contribution in [2.75, 3.05) is 18.1 Å². The molecule has 136 valence electrons. The highest BCUT2D eigenvalue weighted by Gasteiger charge is 2.32. The first-order valence-electron chi connectivity index (χ1n) is 8.19. The molecule has 7 heteroatoms. The van der Waals surface area contributed by atoms with Crippen LogP contribution in [0.1, 0.15) is 32.3 Å². The van der Waals surface area contributed by atoms with Crippen LogP contribution in [0, 0.1) is 18.6 Å². The van der Waals surface area contributed by atoms with Crippen LogP contribution in [0.5, 0.6) is 0 Å². The normalized spacial score (nSPS) is 13.2. The van der Waals surface area contributed by atoms with Crippen LogP contribution in [0.4, 0.5) is 14.5 Å². The molecular formula is C18H21F2NO4. The highest BCUT2D eigenvalue weighted by molar-refractivity contribution is 6.14.